The Kier molecular flexibility index (Phi) is 3.55. The van der Waals surface area contributed by atoms with Gasteiger partial charge in [-0.25, -0.2) is 9.78 Å². The molecular formula is C14H19NO3. The highest BCUT2D eigenvalue weighted by atomic mass is 16.5. The smallest absolute Gasteiger partial charge is 0.339 e. The fraction of sp³-hybridized carbons (Fsp3) is 0.571. The summed E-state index contributed by atoms with van der Waals surface area (Å²) in [4.78, 5) is 16.3. The average molecular weight is 249 g/mol. The third-order valence-electron chi connectivity index (χ3n) is 3.60. The highest BCUT2D eigenvalue weighted by molar-refractivity contribution is 5.91. The molecule has 4 heteroatoms. The van der Waals surface area contributed by atoms with Crippen LogP contribution in [0, 0.1) is 0 Å². The molecule has 0 aromatic carbocycles. The van der Waals surface area contributed by atoms with Gasteiger partial charge in [-0.15, -0.1) is 0 Å². The first-order valence-electron chi connectivity index (χ1n) is 6.33. The normalized spacial score (nSPS) is 16.8. The SMILES string of the molecule is CCOc1ccc(C(=O)OC)c(C2(C)CCC2)n1. The summed E-state index contributed by atoms with van der Waals surface area (Å²) in [5.74, 6) is 0.252. The van der Waals surface area contributed by atoms with Crippen molar-refractivity contribution in [1.82, 2.24) is 4.98 Å². The Morgan fingerprint density at radius 2 is 2.17 bits per heavy atom. The molecule has 0 saturated heterocycles. The fourth-order valence-corrected chi connectivity index (χ4v) is 2.35. The monoisotopic (exact) mass is 249 g/mol. The highest BCUT2D eigenvalue weighted by Gasteiger charge is 2.38. The fourth-order valence-electron chi connectivity index (χ4n) is 2.35. The van der Waals surface area contributed by atoms with Crippen LogP contribution in [0.25, 0.3) is 0 Å². The van der Waals surface area contributed by atoms with Crippen LogP contribution in [0.15, 0.2) is 12.1 Å². The van der Waals surface area contributed by atoms with Crippen LogP contribution < -0.4 is 4.74 Å². The van der Waals surface area contributed by atoms with Crippen LogP contribution >= 0.6 is 0 Å². The predicted octanol–water partition coefficient (Wildman–Crippen LogP) is 2.71. The van der Waals surface area contributed by atoms with Crippen molar-refractivity contribution in [2.45, 2.75) is 38.5 Å². The number of rotatable bonds is 4. The van der Waals surface area contributed by atoms with Crippen molar-refractivity contribution in [1.29, 1.82) is 0 Å². The van der Waals surface area contributed by atoms with Crippen molar-refractivity contribution in [2.75, 3.05) is 13.7 Å². The number of esters is 1. The second kappa shape index (κ2) is 4.96. The topological polar surface area (TPSA) is 48.4 Å². The summed E-state index contributed by atoms with van der Waals surface area (Å²) in [6, 6.07) is 3.48. The summed E-state index contributed by atoms with van der Waals surface area (Å²) in [5, 5.41) is 0. The highest BCUT2D eigenvalue weighted by Crippen LogP contribution is 2.44. The lowest BCUT2D eigenvalue weighted by atomic mass is 9.67. The predicted molar refractivity (Wildman–Crippen MR) is 67.9 cm³/mol. The summed E-state index contributed by atoms with van der Waals surface area (Å²) < 4.78 is 10.2. The standard InChI is InChI=1S/C14H19NO3/c1-4-18-11-7-6-10(13(16)17-3)12(15-11)14(2)8-5-9-14/h6-7H,4-5,8-9H2,1-3H3. The summed E-state index contributed by atoms with van der Waals surface area (Å²) in [6.07, 6.45) is 3.29. The Hall–Kier alpha value is -1.58. The minimum absolute atomic E-state index is 0.0172. The van der Waals surface area contributed by atoms with Crippen molar-refractivity contribution >= 4 is 5.97 Å². The summed E-state index contributed by atoms with van der Waals surface area (Å²) in [6.45, 7) is 4.63. The molecule has 98 valence electrons. The second-order valence-electron chi connectivity index (χ2n) is 4.88. The van der Waals surface area contributed by atoms with Gasteiger partial charge in [0.05, 0.1) is 25.0 Å². The Labute approximate surface area is 107 Å². The first kappa shape index (κ1) is 12.9. The molecule has 0 aliphatic heterocycles. The van der Waals surface area contributed by atoms with E-state index in [1.165, 1.54) is 13.5 Å². The summed E-state index contributed by atoms with van der Waals surface area (Å²) in [7, 11) is 1.39. The van der Waals surface area contributed by atoms with Gasteiger partial charge in [-0.2, -0.15) is 0 Å². The van der Waals surface area contributed by atoms with E-state index >= 15 is 0 Å². The lowest BCUT2D eigenvalue weighted by molar-refractivity contribution is 0.0594. The van der Waals surface area contributed by atoms with E-state index in [9.17, 15) is 4.79 Å². The van der Waals surface area contributed by atoms with Crippen molar-refractivity contribution in [3.05, 3.63) is 23.4 Å². The summed E-state index contributed by atoms with van der Waals surface area (Å²) >= 11 is 0. The van der Waals surface area contributed by atoms with Crippen LogP contribution in [0.4, 0.5) is 0 Å². The van der Waals surface area contributed by atoms with E-state index in [0.717, 1.165) is 18.5 Å². The second-order valence-corrected chi connectivity index (χ2v) is 4.88. The molecule has 1 fully saturated rings. The van der Waals surface area contributed by atoms with Crippen molar-refractivity contribution in [2.24, 2.45) is 0 Å². The van der Waals surface area contributed by atoms with E-state index < -0.39 is 0 Å². The van der Waals surface area contributed by atoms with E-state index in [0.29, 0.717) is 18.1 Å². The van der Waals surface area contributed by atoms with Crippen LogP contribution in [0.5, 0.6) is 5.88 Å². The lowest BCUT2D eigenvalue weighted by Gasteiger charge is -2.38. The van der Waals surface area contributed by atoms with Crippen LogP contribution in [-0.2, 0) is 10.2 Å². The first-order chi connectivity index (χ1) is 8.60. The number of hydrogen-bond donors (Lipinski definition) is 0. The minimum Gasteiger partial charge on any atom is -0.478 e. The van der Waals surface area contributed by atoms with E-state index in [4.69, 9.17) is 9.47 Å². The Morgan fingerprint density at radius 3 is 2.67 bits per heavy atom. The molecule has 18 heavy (non-hydrogen) atoms. The number of carbonyl (C=O) groups excluding carboxylic acids is 1. The van der Waals surface area contributed by atoms with Crippen LogP contribution in [0.1, 0.15) is 49.2 Å². The van der Waals surface area contributed by atoms with E-state index in [1.807, 2.05) is 6.92 Å². The number of hydrogen-bond acceptors (Lipinski definition) is 4. The van der Waals surface area contributed by atoms with Crippen LogP contribution in [0.2, 0.25) is 0 Å². The number of nitrogens with zero attached hydrogens (tertiary/aromatic N) is 1. The minimum atomic E-state index is -0.325. The van der Waals surface area contributed by atoms with Crippen molar-refractivity contribution < 1.29 is 14.3 Å². The first-order valence-corrected chi connectivity index (χ1v) is 6.33. The van der Waals surface area contributed by atoms with Crippen LogP contribution in [-0.4, -0.2) is 24.7 Å². The van der Waals surface area contributed by atoms with Gasteiger partial charge >= 0.3 is 5.97 Å². The van der Waals surface area contributed by atoms with Crippen LogP contribution in [0.3, 0.4) is 0 Å². The Morgan fingerprint density at radius 1 is 1.44 bits per heavy atom. The Balaban J connectivity index is 2.43. The number of carbonyl (C=O) groups is 1. The maximum atomic E-state index is 11.8. The molecule has 0 atom stereocenters. The van der Waals surface area contributed by atoms with E-state index in [2.05, 4.69) is 11.9 Å². The molecule has 1 aliphatic rings. The van der Waals surface area contributed by atoms with Gasteiger partial charge in [0.1, 0.15) is 0 Å². The zero-order valence-electron chi connectivity index (χ0n) is 11.2. The molecule has 0 spiro atoms. The average Bonchev–Trinajstić information content (AvgIpc) is 2.35. The van der Waals surface area contributed by atoms with Gasteiger partial charge in [0, 0.05) is 11.5 Å². The molecular weight excluding hydrogens is 230 g/mol. The van der Waals surface area contributed by atoms with Gasteiger partial charge in [0.2, 0.25) is 5.88 Å². The molecule has 1 aliphatic carbocycles. The van der Waals surface area contributed by atoms with Gasteiger partial charge < -0.3 is 9.47 Å². The zero-order valence-corrected chi connectivity index (χ0v) is 11.2. The zero-order chi connectivity index (χ0) is 13.2. The number of ether oxygens (including phenoxy) is 2. The quantitative estimate of drug-likeness (QED) is 0.770. The van der Waals surface area contributed by atoms with E-state index in [1.54, 1.807) is 12.1 Å². The molecule has 0 unspecified atom stereocenters. The maximum absolute atomic E-state index is 11.8. The number of aromatic nitrogens is 1. The van der Waals surface area contributed by atoms with Gasteiger partial charge in [-0.1, -0.05) is 13.3 Å². The molecule has 0 N–H and O–H groups in total. The van der Waals surface area contributed by atoms with Gasteiger partial charge in [0.25, 0.3) is 0 Å². The molecule has 1 aromatic heterocycles. The Bertz CT molecular complexity index is 452. The van der Waals surface area contributed by atoms with Crippen molar-refractivity contribution in [3.8, 4) is 5.88 Å². The molecule has 0 bridgehead atoms. The van der Waals surface area contributed by atoms with Gasteiger partial charge in [-0.05, 0) is 25.8 Å². The van der Waals surface area contributed by atoms with Crippen molar-refractivity contribution in [3.63, 3.8) is 0 Å². The number of pyridine rings is 1. The largest absolute Gasteiger partial charge is 0.478 e. The molecule has 1 saturated carbocycles. The molecule has 1 aromatic rings. The molecule has 2 rings (SSSR count). The lowest BCUT2D eigenvalue weighted by Crippen LogP contribution is -2.33. The van der Waals surface area contributed by atoms with E-state index in [-0.39, 0.29) is 11.4 Å². The molecule has 0 amide bonds. The molecule has 4 nitrogen and oxygen atoms in total. The third-order valence-corrected chi connectivity index (χ3v) is 3.60. The third kappa shape index (κ3) is 2.19. The maximum Gasteiger partial charge on any atom is 0.339 e. The molecule has 0 radical (unpaired) electrons. The number of methoxy groups -OCH3 is 1. The van der Waals surface area contributed by atoms with Gasteiger partial charge in [-0.3, -0.25) is 0 Å². The van der Waals surface area contributed by atoms with Gasteiger partial charge in [0.15, 0.2) is 0 Å². The summed E-state index contributed by atoms with van der Waals surface area (Å²) in [5.41, 5.74) is 1.35. The molecule has 1 heterocycles.